The minimum atomic E-state index is -0.0409. The molecular weight excluding hydrogens is 222 g/mol. The molecule has 0 aliphatic heterocycles. The van der Waals surface area contributed by atoms with Gasteiger partial charge in [0.25, 0.3) is 0 Å². The first-order valence-electron chi connectivity index (χ1n) is 4.45. The summed E-state index contributed by atoms with van der Waals surface area (Å²) in [5.41, 5.74) is 0. The van der Waals surface area contributed by atoms with E-state index in [1.54, 1.807) is 0 Å². The van der Waals surface area contributed by atoms with Gasteiger partial charge in [-0.15, -0.1) is 11.3 Å². The lowest BCUT2D eigenvalue weighted by atomic mass is 10.2. The minimum absolute atomic E-state index is 0.0409. The van der Waals surface area contributed by atoms with E-state index in [1.807, 2.05) is 12.1 Å². The summed E-state index contributed by atoms with van der Waals surface area (Å²) in [5.74, 6) is 0. The molecule has 14 heavy (non-hydrogen) atoms. The van der Waals surface area contributed by atoms with Gasteiger partial charge in [0, 0.05) is 24.1 Å². The molecule has 0 fully saturated rings. The zero-order valence-electron chi connectivity index (χ0n) is 7.74. The van der Waals surface area contributed by atoms with Gasteiger partial charge in [0.2, 0.25) is 0 Å². The fourth-order valence-corrected chi connectivity index (χ4v) is 2.14. The van der Waals surface area contributed by atoms with E-state index in [0.717, 1.165) is 9.21 Å². The molecule has 0 saturated carbocycles. The van der Waals surface area contributed by atoms with Gasteiger partial charge in [0.1, 0.15) is 0 Å². The van der Waals surface area contributed by atoms with Gasteiger partial charge in [-0.3, -0.25) is 0 Å². The SMILES string of the molecule is OCCC(CO)NCc1ccc(Cl)s1. The zero-order valence-corrected chi connectivity index (χ0v) is 9.31. The van der Waals surface area contributed by atoms with E-state index in [4.69, 9.17) is 21.8 Å². The predicted molar refractivity (Wildman–Crippen MR) is 58.7 cm³/mol. The molecule has 80 valence electrons. The Morgan fingerprint density at radius 3 is 2.71 bits per heavy atom. The van der Waals surface area contributed by atoms with Gasteiger partial charge in [0.15, 0.2) is 0 Å². The molecule has 1 aromatic rings. The molecule has 0 amide bonds. The highest BCUT2D eigenvalue weighted by Gasteiger charge is 2.06. The lowest BCUT2D eigenvalue weighted by molar-refractivity contribution is 0.200. The molecule has 1 atom stereocenters. The summed E-state index contributed by atoms with van der Waals surface area (Å²) in [6.07, 6.45) is 0.565. The van der Waals surface area contributed by atoms with E-state index < -0.39 is 0 Å². The Morgan fingerprint density at radius 1 is 1.43 bits per heavy atom. The second-order valence-electron chi connectivity index (χ2n) is 2.98. The van der Waals surface area contributed by atoms with Crippen LogP contribution in [0.15, 0.2) is 12.1 Å². The van der Waals surface area contributed by atoms with Crippen LogP contribution < -0.4 is 5.32 Å². The maximum absolute atomic E-state index is 8.94. The van der Waals surface area contributed by atoms with Crippen LogP contribution in [0.5, 0.6) is 0 Å². The van der Waals surface area contributed by atoms with Crippen LogP contribution in [0.1, 0.15) is 11.3 Å². The molecule has 3 nitrogen and oxygen atoms in total. The number of aliphatic hydroxyl groups is 2. The van der Waals surface area contributed by atoms with Crippen LogP contribution in [0.25, 0.3) is 0 Å². The van der Waals surface area contributed by atoms with Crippen molar-refractivity contribution in [1.82, 2.24) is 5.32 Å². The maximum Gasteiger partial charge on any atom is 0.0931 e. The van der Waals surface area contributed by atoms with Crippen molar-refractivity contribution in [3.63, 3.8) is 0 Å². The largest absolute Gasteiger partial charge is 0.396 e. The molecule has 0 saturated heterocycles. The second-order valence-corrected chi connectivity index (χ2v) is 4.78. The van der Waals surface area contributed by atoms with Gasteiger partial charge in [-0.1, -0.05) is 11.6 Å². The van der Waals surface area contributed by atoms with Crippen molar-refractivity contribution in [1.29, 1.82) is 0 Å². The van der Waals surface area contributed by atoms with Crippen molar-refractivity contribution in [2.75, 3.05) is 13.2 Å². The number of halogens is 1. The van der Waals surface area contributed by atoms with E-state index in [0.29, 0.717) is 13.0 Å². The highest BCUT2D eigenvalue weighted by molar-refractivity contribution is 7.16. The Hall–Kier alpha value is -0.130. The summed E-state index contributed by atoms with van der Waals surface area (Å²) in [7, 11) is 0. The van der Waals surface area contributed by atoms with Gasteiger partial charge >= 0.3 is 0 Å². The van der Waals surface area contributed by atoms with Crippen LogP contribution in [0.4, 0.5) is 0 Å². The summed E-state index contributed by atoms with van der Waals surface area (Å²) in [5, 5.41) is 20.8. The number of aliphatic hydroxyl groups excluding tert-OH is 2. The number of rotatable bonds is 6. The van der Waals surface area contributed by atoms with Gasteiger partial charge in [-0.2, -0.15) is 0 Å². The first-order valence-corrected chi connectivity index (χ1v) is 5.65. The van der Waals surface area contributed by atoms with E-state index >= 15 is 0 Å². The smallest absolute Gasteiger partial charge is 0.0931 e. The van der Waals surface area contributed by atoms with Crippen molar-refractivity contribution in [3.05, 3.63) is 21.3 Å². The van der Waals surface area contributed by atoms with E-state index in [-0.39, 0.29) is 19.3 Å². The Morgan fingerprint density at radius 2 is 2.21 bits per heavy atom. The molecule has 3 N–H and O–H groups in total. The van der Waals surface area contributed by atoms with Crippen molar-refractivity contribution in [2.24, 2.45) is 0 Å². The van der Waals surface area contributed by atoms with Crippen LogP contribution in [0, 0.1) is 0 Å². The zero-order chi connectivity index (χ0) is 10.4. The fraction of sp³-hybridized carbons (Fsp3) is 0.556. The van der Waals surface area contributed by atoms with Gasteiger partial charge in [0.05, 0.1) is 10.9 Å². The van der Waals surface area contributed by atoms with E-state index in [9.17, 15) is 0 Å². The van der Waals surface area contributed by atoms with Crippen molar-refractivity contribution in [2.45, 2.75) is 19.0 Å². The first-order chi connectivity index (χ1) is 6.76. The molecule has 1 heterocycles. The van der Waals surface area contributed by atoms with Crippen LogP contribution in [0.3, 0.4) is 0 Å². The van der Waals surface area contributed by atoms with Gasteiger partial charge < -0.3 is 15.5 Å². The molecule has 0 bridgehead atoms. The van der Waals surface area contributed by atoms with Gasteiger partial charge in [-0.05, 0) is 18.6 Å². The topological polar surface area (TPSA) is 52.5 Å². The quantitative estimate of drug-likeness (QED) is 0.695. The average molecular weight is 236 g/mol. The lowest BCUT2D eigenvalue weighted by Crippen LogP contribution is -2.32. The molecule has 0 aliphatic carbocycles. The summed E-state index contributed by atoms with van der Waals surface area (Å²) in [4.78, 5) is 1.13. The molecule has 0 spiro atoms. The van der Waals surface area contributed by atoms with Crippen molar-refractivity contribution in [3.8, 4) is 0 Å². The Bertz CT molecular complexity index is 267. The molecule has 1 rings (SSSR count). The summed E-state index contributed by atoms with van der Waals surface area (Å²) >= 11 is 7.29. The maximum atomic E-state index is 8.94. The third kappa shape index (κ3) is 3.94. The number of thiophene rings is 1. The third-order valence-electron chi connectivity index (χ3n) is 1.89. The normalized spacial score (nSPS) is 13.1. The van der Waals surface area contributed by atoms with Crippen LogP contribution in [0.2, 0.25) is 4.34 Å². The van der Waals surface area contributed by atoms with Gasteiger partial charge in [-0.25, -0.2) is 0 Å². The van der Waals surface area contributed by atoms with Crippen molar-refractivity contribution >= 4 is 22.9 Å². The average Bonchev–Trinajstić information content (AvgIpc) is 2.59. The van der Waals surface area contributed by atoms with E-state index in [2.05, 4.69) is 5.32 Å². The summed E-state index contributed by atoms with van der Waals surface area (Å²) in [6.45, 7) is 0.811. The number of hydrogen-bond acceptors (Lipinski definition) is 4. The fourth-order valence-electron chi connectivity index (χ4n) is 1.11. The highest BCUT2D eigenvalue weighted by Crippen LogP contribution is 2.21. The highest BCUT2D eigenvalue weighted by atomic mass is 35.5. The van der Waals surface area contributed by atoms with Crippen molar-refractivity contribution < 1.29 is 10.2 Å². The Kier molecular flexibility index (Phi) is 5.44. The summed E-state index contributed by atoms with van der Waals surface area (Å²) in [6, 6.07) is 3.76. The minimum Gasteiger partial charge on any atom is -0.396 e. The van der Waals surface area contributed by atoms with Crippen LogP contribution in [-0.4, -0.2) is 29.5 Å². The van der Waals surface area contributed by atoms with Crippen LogP contribution in [-0.2, 0) is 6.54 Å². The molecule has 0 aliphatic rings. The lowest BCUT2D eigenvalue weighted by Gasteiger charge is -2.13. The molecule has 0 radical (unpaired) electrons. The Labute approximate surface area is 92.3 Å². The monoisotopic (exact) mass is 235 g/mol. The standard InChI is InChI=1S/C9H14ClNO2S/c10-9-2-1-8(14-9)5-11-7(6-13)3-4-12/h1-2,7,11-13H,3-6H2. The molecular formula is C9H14ClNO2S. The first kappa shape index (κ1) is 11.9. The number of hydrogen-bond donors (Lipinski definition) is 3. The number of nitrogens with one attached hydrogen (secondary N) is 1. The summed E-state index contributed by atoms with van der Waals surface area (Å²) < 4.78 is 0.768. The molecule has 1 aromatic heterocycles. The van der Waals surface area contributed by atoms with Crippen LogP contribution >= 0.6 is 22.9 Å². The molecule has 1 unspecified atom stereocenters. The molecule has 5 heteroatoms. The van der Waals surface area contributed by atoms with E-state index in [1.165, 1.54) is 11.3 Å². The Balaban J connectivity index is 2.31. The second kappa shape index (κ2) is 6.37. The molecule has 0 aromatic carbocycles. The third-order valence-corrected chi connectivity index (χ3v) is 3.12. The predicted octanol–water partition coefficient (Wildman–Crippen LogP) is 1.23.